The van der Waals surface area contributed by atoms with Gasteiger partial charge in [0.05, 0.1) is 117 Å². The molecule has 0 bridgehead atoms. The Balaban J connectivity index is 0.546. The molecule has 1 aliphatic rings. The maximum atomic E-state index is 15.3. The van der Waals surface area contributed by atoms with E-state index < -0.39 is 65.1 Å². The normalized spacial score (nSPS) is 12.5. The summed E-state index contributed by atoms with van der Waals surface area (Å²) in [6, 6.07) is 14.8. The van der Waals surface area contributed by atoms with E-state index in [1.807, 2.05) is 37.3 Å². The molecule has 0 spiro atoms. The van der Waals surface area contributed by atoms with Crippen LogP contribution < -0.4 is 57.9 Å². The molecule has 5 aromatic heterocycles. The van der Waals surface area contributed by atoms with E-state index in [1.54, 1.807) is 52.2 Å². The number of carbonyl (C=O) groups excluding carboxylic acids is 10. The van der Waals surface area contributed by atoms with Crippen LogP contribution in [0, 0.1) is 5.82 Å². The van der Waals surface area contributed by atoms with Crippen LogP contribution in [0.5, 0.6) is 5.75 Å². The van der Waals surface area contributed by atoms with Crippen LogP contribution in [0.3, 0.4) is 0 Å². The Kier molecular flexibility index (Phi) is 36.8. The third kappa shape index (κ3) is 30.5. The molecule has 39 heteroatoms. The van der Waals surface area contributed by atoms with Crippen LogP contribution in [0.25, 0.3) is 0 Å². The fraction of sp³-hybridized carbons (Fsp3) is 0.487. The first-order chi connectivity index (χ1) is 55.5. The standard InChI is InChI=1S/C76H104FN19O19/c1-51(53-11-9-8-10-12-53)115-61-44-54(43-58(77)67(61)83-52(2)97)71(101)84-55-16-23-96(24-17-55)26-28-108-30-32-110-34-36-112-38-40-114-42-41-113-39-37-111-35-33-109-31-29-107-27-22-78-64(98)13-18-82-74(104)69-89-62(49-94(69)6)87-65(99)14-19-81-73(103)60-46-57(48-93(60)5)86-76(106)70-90-63(50-95(70)7)88-66(100)15-20-80-72(102)59-45-56(47-92(59)4)85-75(105)68-79-21-25-91(68)3/h8-12,21,25,43-51,55H,13-20,22-24,26-42H2,1-7H3,(H,78,98)(H,80,102)(H,81,103)(H,82,104)(H,83,97)(H,84,101)(H,85,105)(H,86,106)(H,87,99)(H,88,100)/t51-/m0/s1. The van der Waals surface area contributed by atoms with Crippen molar-refractivity contribution in [3.63, 3.8) is 0 Å². The lowest BCUT2D eigenvalue weighted by Gasteiger charge is -2.32. The number of aryl methyl sites for hydroxylation is 5. The van der Waals surface area contributed by atoms with Gasteiger partial charge in [0.2, 0.25) is 35.3 Å². The molecule has 624 valence electrons. The third-order valence-corrected chi connectivity index (χ3v) is 17.5. The lowest BCUT2D eigenvalue weighted by Crippen LogP contribution is -2.45. The van der Waals surface area contributed by atoms with Crippen molar-refractivity contribution in [2.24, 2.45) is 35.2 Å². The minimum Gasteiger partial charge on any atom is -0.484 e. The number of piperidine rings is 1. The molecular formula is C76H104FN19O19. The maximum absolute atomic E-state index is 15.3. The van der Waals surface area contributed by atoms with Gasteiger partial charge in [0.15, 0.2) is 23.3 Å². The minimum absolute atomic E-state index is 0.00817. The molecule has 0 unspecified atom stereocenters. The van der Waals surface area contributed by atoms with Crippen molar-refractivity contribution in [2.45, 2.75) is 58.1 Å². The monoisotopic (exact) mass is 1610 g/mol. The summed E-state index contributed by atoms with van der Waals surface area (Å²) in [5, 5.41) is 26.8. The van der Waals surface area contributed by atoms with Crippen molar-refractivity contribution in [2.75, 3.05) is 178 Å². The largest absolute Gasteiger partial charge is 0.484 e. The SMILES string of the molecule is CC(=O)Nc1c(F)cc(C(=O)NC2CCN(CCOCCOCCOCCOCCOCCOCCOCCOCCNC(=O)CCNC(=O)c3nc(NC(=O)CCNC(=O)c4cc(NC(=O)c5nc(NC(=O)CCNC(=O)c6cc(NC(=O)c7nccn7C)cn6C)cn5C)cn4C)cn3C)CC2)cc1O[C@@H](C)c1ccccc1. The van der Waals surface area contributed by atoms with Gasteiger partial charge in [-0.15, -0.1) is 0 Å². The molecule has 0 aliphatic carbocycles. The number of amides is 10. The first-order valence-electron chi connectivity index (χ1n) is 37.7. The smallest absolute Gasteiger partial charge is 0.291 e. The van der Waals surface area contributed by atoms with E-state index in [1.165, 1.54) is 68.2 Å². The molecule has 0 radical (unpaired) electrons. The van der Waals surface area contributed by atoms with Crippen LogP contribution in [0.4, 0.5) is 33.1 Å². The van der Waals surface area contributed by atoms with E-state index in [2.05, 4.69) is 73.0 Å². The van der Waals surface area contributed by atoms with Gasteiger partial charge in [-0.25, -0.2) is 19.3 Å². The van der Waals surface area contributed by atoms with Gasteiger partial charge in [0, 0.05) is 156 Å². The van der Waals surface area contributed by atoms with Gasteiger partial charge < -0.3 is 124 Å². The molecule has 115 heavy (non-hydrogen) atoms. The van der Waals surface area contributed by atoms with Crippen molar-refractivity contribution in [1.29, 1.82) is 0 Å². The number of halogens is 1. The van der Waals surface area contributed by atoms with Crippen molar-refractivity contribution in [3.05, 3.63) is 138 Å². The molecule has 1 aliphatic heterocycles. The van der Waals surface area contributed by atoms with Crippen molar-refractivity contribution >= 4 is 87.8 Å². The highest BCUT2D eigenvalue weighted by molar-refractivity contribution is 6.05. The molecule has 1 saturated heterocycles. The highest BCUT2D eigenvalue weighted by Gasteiger charge is 2.26. The fourth-order valence-electron chi connectivity index (χ4n) is 11.5. The summed E-state index contributed by atoms with van der Waals surface area (Å²) in [4.78, 5) is 143. The van der Waals surface area contributed by atoms with Gasteiger partial charge in [0.25, 0.3) is 35.4 Å². The number of nitrogens with zero attached hydrogens (tertiary/aromatic N) is 9. The summed E-state index contributed by atoms with van der Waals surface area (Å²) in [6.45, 7) is 11.9. The second kappa shape index (κ2) is 47.4. The lowest BCUT2D eigenvalue weighted by molar-refractivity contribution is -0.121. The number of hydrogen-bond acceptors (Lipinski definition) is 23. The summed E-state index contributed by atoms with van der Waals surface area (Å²) >= 11 is 0. The first-order valence-corrected chi connectivity index (χ1v) is 37.7. The van der Waals surface area contributed by atoms with E-state index in [0.29, 0.717) is 105 Å². The van der Waals surface area contributed by atoms with Crippen LogP contribution >= 0.6 is 0 Å². The number of imidazole rings is 3. The molecule has 1 atom stereocenters. The Hall–Kier alpha value is -11.3. The van der Waals surface area contributed by atoms with Gasteiger partial charge in [0.1, 0.15) is 28.9 Å². The Morgan fingerprint density at radius 1 is 0.470 bits per heavy atom. The van der Waals surface area contributed by atoms with Crippen molar-refractivity contribution in [3.8, 4) is 5.75 Å². The van der Waals surface area contributed by atoms with Crippen LogP contribution in [-0.4, -0.2) is 259 Å². The van der Waals surface area contributed by atoms with Crippen LogP contribution in [0.15, 0.2) is 91.8 Å². The van der Waals surface area contributed by atoms with Crippen LogP contribution in [0.2, 0.25) is 0 Å². The second-order valence-electron chi connectivity index (χ2n) is 26.5. The summed E-state index contributed by atoms with van der Waals surface area (Å²) in [5.41, 5.74) is 1.89. The predicted molar refractivity (Wildman–Crippen MR) is 417 cm³/mol. The molecule has 6 heterocycles. The summed E-state index contributed by atoms with van der Waals surface area (Å²) in [6.07, 6.45) is 9.79. The summed E-state index contributed by atoms with van der Waals surface area (Å²) in [7, 11) is 8.03. The number of aromatic nitrogens is 8. The molecule has 8 rings (SSSR count). The number of anilines is 5. The van der Waals surface area contributed by atoms with Crippen LogP contribution in [-0.2, 0) is 92.3 Å². The number of rotatable bonds is 51. The topological polar surface area (TPSA) is 441 Å². The van der Waals surface area contributed by atoms with Crippen molar-refractivity contribution in [1.82, 2.24) is 69.3 Å². The number of carbonyl (C=O) groups is 10. The van der Waals surface area contributed by atoms with Gasteiger partial charge in [-0.2, -0.15) is 0 Å². The average Bonchev–Trinajstić information content (AvgIpc) is 1.72. The predicted octanol–water partition coefficient (Wildman–Crippen LogP) is 3.09. The Bertz CT molecular complexity index is 4340. The second-order valence-corrected chi connectivity index (χ2v) is 26.5. The van der Waals surface area contributed by atoms with Gasteiger partial charge >= 0.3 is 0 Å². The molecule has 38 nitrogen and oxygen atoms in total. The maximum Gasteiger partial charge on any atom is 0.291 e. The highest BCUT2D eigenvalue weighted by Crippen LogP contribution is 2.34. The molecule has 0 saturated carbocycles. The number of likely N-dealkylation sites (tertiary alicyclic amines) is 1. The highest BCUT2D eigenvalue weighted by atomic mass is 19.1. The fourth-order valence-corrected chi connectivity index (χ4v) is 11.5. The average molecular weight is 1610 g/mol. The van der Waals surface area contributed by atoms with E-state index in [4.69, 9.17) is 42.6 Å². The Morgan fingerprint density at radius 2 is 0.922 bits per heavy atom. The van der Waals surface area contributed by atoms with E-state index in [0.717, 1.165) is 44.1 Å². The third-order valence-electron chi connectivity index (χ3n) is 17.5. The molecule has 7 aromatic rings. The lowest BCUT2D eigenvalue weighted by atomic mass is 10.0. The zero-order valence-electron chi connectivity index (χ0n) is 65.8. The number of hydrogen-bond donors (Lipinski definition) is 10. The molecular weight excluding hydrogens is 1500 g/mol. The Labute approximate surface area is 664 Å². The van der Waals surface area contributed by atoms with E-state index >= 15 is 4.39 Å². The molecule has 2 aromatic carbocycles. The molecule has 10 amide bonds. The minimum atomic E-state index is -0.761. The van der Waals surface area contributed by atoms with E-state index in [9.17, 15) is 47.9 Å². The molecule has 1 fully saturated rings. The van der Waals surface area contributed by atoms with E-state index in [-0.39, 0.29) is 127 Å². The summed E-state index contributed by atoms with van der Waals surface area (Å²) in [5.74, 6) is -5.24. The quantitative estimate of drug-likeness (QED) is 0.0245. The van der Waals surface area contributed by atoms with Gasteiger partial charge in [-0.05, 0) is 49.6 Å². The number of ether oxygens (including phenoxy) is 9. The Morgan fingerprint density at radius 3 is 1.40 bits per heavy atom. The number of benzene rings is 2. The molecule has 10 N–H and O–H groups in total. The van der Waals surface area contributed by atoms with Crippen molar-refractivity contribution < 1.29 is 95.0 Å². The van der Waals surface area contributed by atoms with Gasteiger partial charge in [-0.1, -0.05) is 30.3 Å². The van der Waals surface area contributed by atoms with Gasteiger partial charge in [-0.3, -0.25) is 47.9 Å². The number of nitrogens with one attached hydrogen (secondary N) is 10. The first kappa shape index (κ1) is 89.3. The van der Waals surface area contributed by atoms with Crippen LogP contribution in [0.1, 0.15) is 121 Å². The zero-order chi connectivity index (χ0) is 82.4. The summed E-state index contributed by atoms with van der Waals surface area (Å²) < 4.78 is 73.4. The zero-order valence-corrected chi connectivity index (χ0v) is 65.8.